The van der Waals surface area contributed by atoms with Crippen LogP contribution < -0.4 is 5.32 Å². The zero-order valence-electron chi connectivity index (χ0n) is 10.2. The smallest absolute Gasteiger partial charge is 0.0110 e. The van der Waals surface area contributed by atoms with Crippen LogP contribution in [0.2, 0.25) is 0 Å². The van der Waals surface area contributed by atoms with E-state index in [0.717, 1.165) is 18.5 Å². The normalized spacial score (nSPS) is 25.9. The Morgan fingerprint density at radius 2 is 2.07 bits per heavy atom. The minimum absolute atomic E-state index is 0.646. The van der Waals surface area contributed by atoms with E-state index in [2.05, 4.69) is 37.9 Å². The summed E-state index contributed by atoms with van der Waals surface area (Å²) in [5, 5.41) is 3.59. The first-order valence-corrected chi connectivity index (χ1v) is 6.08. The second kappa shape index (κ2) is 5.72. The van der Waals surface area contributed by atoms with Gasteiger partial charge in [0.15, 0.2) is 0 Å². The van der Waals surface area contributed by atoms with Crippen LogP contribution in [0.3, 0.4) is 0 Å². The SMILES string of the molecule is CC(C)C(C)NCCN1CCCC1C. The summed E-state index contributed by atoms with van der Waals surface area (Å²) in [6.07, 6.45) is 2.78. The van der Waals surface area contributed by atoms with Gasteiger partial charge >= 0.3 is 0 Å². The molecule has 1 saturated heterocycles. The predicted molar refractivity (Wildman–Crippen MR) is 62.6 cm³/mol. The summed E-state index contributed by atoms with van der Waals surface area (Å²) in [7, 11) is 0. The van der Waals surface area contributed by atoms with Crippen molar-refractivity contribution in [3.05, 3.63) is 0 Å². The molecule has 2 atom stereocenters. The second-order valence-electron chi connectivity index (χ2n) is 5.01. The largest absolute Gasteiger partial charge is 0.313 e. The summed E-state index contributed by atoms with van der Waals surface area (Å²) in [4.78, 5) is 2.60. The Morgan fingerprint density at radius 1 is 1.36 bits per heavy atom. The molecule has 0 aliphatic carbocycles. The molecule has 0 spiro atoms. The van der Waals surface area contributed by atoms with Gasteiger partial charge in [-0.05, 0) is 39.2 Å². The van der Waals surface area contributed by atoms with E-state index < -0.39 is 0 Å². The van der Waals surface area contributed by atoms with E-state index in [9.17, 15) is 0 Å². The topological polar surface area (TPSA) is 15.3 Å². The highest BCUT2D eigenvalue weighted by Gasteiger charge is 2.19. The van der Waals surface area contributed by atoms with Crippen molar-refractivity contribution in [2.75, 3.05) is 19.6 Å². The fourth-order valence-corrected chi connectivity index (χ4v) is 2.00. The molecule has 14 heavy (non-hydrogen) atoms. The first kappa shape index (κ1) is 12.0. The minimum Gasteiger partial charge on any atom is -0.313 e. The summed E-state index contributed by atoms with van der Waals surface area (Å²) >= 11 is 0. The molecule has 1 rings (SSSR count). The first-order chi connectivity index (χ1) is 6.61. The lowest BCUT2D eigenvalue weighted by molar-refractivity contribution is 0.260. The Kier molecular flexibility index (Phi) is 4.90. The molecule has 2 heteroatoms. The van der Waals surface area contributed by atoms with Crippen LogP contribution in [-0.2, 0) is 0 Å². The van der Waals surface area contributed by atoms with Crippen LogP contribution in [-0.4, -0.2) is 36.6 Å². The van der Waals surface area contributed by atoms with Gasteiger partial charge in [0.1, 0.15) is 0 Å². The standard InChI is InChI=1S/C12H26N2/c1-10(2)12(4)13-7-9-14-8-5-6-11(14)3/h10-13H,5-9H2,1-4H3. The van der Waals surface area contributed by atoms with Crippen molar-refractivity contribution in [2.24, 2.45) is 5.92 Å². The van der Waals surface area contributed by atoms with Gasteiger partial charge in [-0.15, -0.1) is 0 Å². The Hall–Kier alpha value is -0.0800. The number of nitrogens with one attached hydrogen (secondary N) is 1. The molecule has 84 valence electrons. The number of nitrogens with zero attached hydrogens (tertiary/aromatic N) is 1. The Morgan fingerprint density at radius 3 is 2.57 bits per heavy atom. The van der Waals surface area contributed by atoms with Crippen molar-refractivity contribution in [3.63, 3.8) is 0 Å². The average molecular weight is 198 g/mol. The van der Waals surface area contributed by atoms with E-state index in [1.165, 1.54) is 25.9 Å². The molecule has 0 aromatic rings. The Bertz CT molecular complexity index is 156. The summed E-state index contributed by atoms with van der Waals surface area (Å²) in [6, 6.07) is 1.46. The van der Waals surface area contributed by atoms with Crippen molar-refractivity contribution < 1.29 is 0 Å². The molecule has 1 aliphatic rings. The van der Waals surface area contributed by atoms with Gasteiger partial charge in [-0.3, -0.25) is 4.90 Å². The molecule has 0 saturated carbocycles. The number of rotatable bonds is 5. The van der Waals surface area contributed by atoms with E-state index in [4.69, 9.17) is 0 Å². The van der Waals surface area contributed by atoms with Gasteiger partial charge in [0.2, 0.25) is 0 Å². The van der Waals surface area contributed by atoms with Crippen LogP contribution in [0, 0.1) is 5.92 Å². The molecule has 0 bridgehead atoms. The number of hydrogen-bond donors (Lipinski definition) is 1. The molecule has 0 amide bonds. The van der Waals surface area contributed by atoms with Gasteiger partial charge in [0.05, 0.1) is 0 Å². The van der Waals surface area contributed by atoms with Crippen molar-refractivity contribution in [1.82, 2.24) is 10.2 Å². The maximum atomic E-state index is 3.59. The average Bonchev–Trinajstić information content (AvgIpc) is 2.51. The quantitative estimate of drug-likeness (QED) is 0.728. The molecule has 1 fully saturated rings. The molecule has 1 heterocycles. The van der Waals surface area contributed by atoms with Crippen LogP contribution in [0.5, 0.6) is 0 Å². The van der Waals surface area contributed by atoms with Crippen LogP contribution in [0.15, 0.2) is 0 Å². The van der Waals surface area contributed by atoms with Crippen molar-refractivity contribution in [2.45, 2.75) is 52.6 Å². The van der Waals surface area contributed by atoms with Gasteiger partial charge in [-0.25, -0.2) is 0 Å². The highest BCUT2D eigenvalue weighted by atomic mass is 15.2. The van der Waals surface area contributed by atoms with Crippen molar-refractivity contribution in [1.29, 1.82) is 0 Å². The summed E-state index contributed by atoms with van der Waals surface area (Å²) in [5.74, 6) is 0.742. The maximum absolute atomic E-state index is 3.59. The summed E-state index contributed by atoms with van der Waals surface area (Å²) in [5.41, 5.74) is 0. The van der Waals surface area contributed by atoms with E-state index in [1.54, 1.807) is 0 Å². The van der Waals surface area contributed by atoms with Crippen LogP contribution >= 0.6 is 0 Å². The zero-order chi connectivity index (χ0) is 10.6. The molecule has 0 radical (unpaired) electrons. The van der Waals surface area contributed by atoms with Gasteiger partial charge in [0, 0.05) is 25.2 Å². The second-order valence-corrected chi connectivity index (χ2v) is 5.01. The van der Waals surface area contributed by atoms with Crippen molar-refractivity contribution >= 4 is 0 Å². The molecule has 1 aliphatic heterocycles. The van der Waals surface area contributed by atoms with Crippen LogP contribution in [0.25, 0.3) is 0 Å². The zero-order valence-corrected chi connectivity index (χ0v) is 10.2. The van der Waals surface area contributed by atoms with E-state index in [1.807, 2.05) is 0 Å². The summed E-state index contributed by atoms with van der Waals surface area (Å²) in [6.45, 7) is 12.8. The third-order valence-electron chi connectivity index (χ3n) is 3.56. The summed E-state index contributed by atoms with van der Waals surface area (Å²) < 4.78 is 0. The van der Waals surface area contributed by atoms with Crippen molar-refractivity contribution in [3.8, 4) is 0 Å². The lowest BCUT2D eigenvalue weighted by Crippen LogP contribution is -2.39. The molecule has 0 aromatic heterocycles. The van der Waals surface area contributed by atoms with E-state index >= 15 is 0 Å². The molecular formula is C12H26N2. The van der Waals surface area contributed by atoms with Gasteiger partial charge in [0.25, 0.3) is 0 Å². The molecular weight excluding hydrogens is 172 g/mol. The molecule has 1 N–H and O–H groups in total. The number of hydrogen-bond acceptors (Lipinski definition) is 2. The number of likely N-dealkylation sites (tertiary alicyclic amines) is 1. The third-order valence-corrected chi connectivity index (χ3v) is 3.56. The maximum Gasteiger partial charge on any atom is 0.0110 e. The van der Waals surface area contributed by atoms with E-state index in [0.29, 0.717) is 6.04 Å². The Labute approximate surface area is 89.1 Å². The minimum atomic E-state index is 0.646. The Balaban J connectivity index is 2.09. The van der Waals surface area contributed by atoms with Crippen LogP contribution in [0.1, 0.15) is 40.5 Å². The molecule has 2 unspecified atom stereocenters. The van der Waals surface area contributed by atoms with Gasteiger partial charge < -0.3 is 5.32 Å². The lowest BCUT2D eigenvalue weighted by Gasteiger charge is -2.23. The molecule has 2 nitrogen and oxygen atoms in total. The lowest BCUT2D eigenvalue weighted by atomic mass is 10.1. The first-order valence-electron chi connectivity index (χ1n) is 6.08. The third kappa shape index (κ3) is 3.58. The van der Waals surface area contributed by atoms with Gasteiger partial charge in [-0.2, -0.15) is 0 Å². The predicted octanol–water partition coefficient (Wildman–Crippen LogP) is 2.10. The fraction of sp³-hybridized carbons (Fsp3) is 1.00. The monoisotopic (exact) mass is 198 g/mol. The highest BCUT2D eigenvalue weighted by molar-refractivity contribution is 4.76. The van der Waals surface area contributed by atoms with E-state index in [-0.39, 0.29) is 0 Å². The fourth-order valence-electron chi connectivity index (χ4n) is 2.00. The van der Waals surface area contributed by atoms with Crippen LogP contribution in [0.4, 0.5) is 0 Å². The molecule has 0 aromatic carbocycles. The highest BCUT2D eigenvalue weighted by Crippen LogP contribution is 2.15. The van der Waals surface area contributed by atoms with Gasteiger partial charge in [-0.1, -0.05) is 13.8 Å².